The maximum absolute atomic E-state index is 6.00. The van der Waals surface area contributed by atoms with Crippen molar-refractivity contribution in [3.8, 4) is 17.3 Å². The maximum Gasteiger partial charge on any atom is 0.225 e. The highest BCUT2D eigenvalue weighted by Crippen LogP contribution is 2.30. The smallest absolute Gasteiger partial charge is 0.225 e. The maximum atomic E-state index is 6.00. The van der Waals surface area contributed by atoms with Crippen LogP contribution in [0.25, 0.3) is 16.6 Å². The molecule has 0 bridgehead atoms. The minimum atomic E-state index is 0.680. The van der Waals surface area contributed by atoms with Crippen LogP contribution < -0.4 is 4.74 Å². The molecule has 0 aliphatic heterocycles. The molecule has 0 amide bonds. The van der Waals surface area contributed by atoms with Crippen LogP contribution >= 0.6 is 0 Å². The van der Waals surface area contributed by atoms with E-state index in [-0.39, 0.29) is 0 Å². The molecule has 2 heterocycles. The second kappa shape index (κ2) is 5.70. The van der Waals surface area contributed by atoms with E-state index >= 15 is 0 Å². The Morgan fingerprint density at radius 3 is 2.72 bits per heavy atom. The summed E-state index contributed by atoms with van der Waals surface area (Å²) in [5.74, 6) is 1.45. The highest BCUT2D eigenvalue weighted by atomic mass is 16.5. The standard InChI is InChI=1S/C20H16N4O/c1-2-7-19-14(4-1)12-23-24(19)15-8-10-16(11-9-15)25-20-17-5-3-6-18(17)21-13-22-20/h1-2,4,7-13H,3,5-6H2. The number of para-hydroxylation sites is 1. The van der Waals surface area contributed by atoms with Crippen LogP contribution in [0.1, 0.15) is 17.7 Å². The second-order valence-corrected chi connectivity index (χ2v) is 6.17. The predicted octanol–water partition coefficient (Wildman–Crippen LogP) is 4.10. The summed E-state index contributed by atoms with van der Waals surface area (Å²) in [6.45, 7) is 0. The first kappa shape index (κ1) is 14.2. The van der Waals surface area contributed by atoms with Gasteiger partial charge in [-0.05, 0) is 49.6 Å². The molecule has 2 aromatic heterocycles. The van der Waals surface area contributed by atoms with Crippen molar-refractivity contribution in [2.24, 2.45) is 0 Å². The first-order chi connectivity index (χ1) is 12.4. The summed E-state index contributed by atoms with van der Waals surface area (Å²) in [5.41, 5.74) is 4.35. The molecule has 0 N–H and O–H groups in total. The number of fused-ring (bicyclic) bond motifs is 2. The fourth-order valence-corrected chi connectivity index (χ4v) is 3.36. The van der Waals surface area contributed by atoms with E-state index in [1.807, 2.05) is 47.3 Å². The van der Waals surface area contributed by atoms with Crippen molar-refractivity contribution in [3.63, 3.8) is 0 Å². The van der Waals surface area contributed by atoms with E-state index in [4.69, 9.17) is 4.74 Å². The fourth-order valence-electron chi connectivity index (χ4n) is 3.36. The van der Waals surface area contributed by atoms with Crippen molar-refractivity contribution >= 4 is 10.9 Å². The molecule has 0 atom stereocenters. The first-order valence-electron chi connectivity index (χ1n) is 8.42. The van der Waals surface area contributed by atoms with Gasteiger partial charge >= 0.3 is 0 Å². The second-order valence-electron chi connectivity index (χ2n) is 6.17. The van der Waals surface area contributed by atoms with Crippen LogP contribution in [0.3, 0.4) is 0 Å². The van der Waals surface area contributed by atoms with Crippen LogP contribution in [0.5, 0.6) is 11.6 Å². The normalized spacial score (nSPS) is 13.1. The summed E-state index contributed by atoms with van der Waals surface area (Å²) in [5, 5.41) is 5.61. The highest BCUT2D eigenvalue weighted by Gasteiger charge is 2.18. The quantitative estimate of drug-likeness (QED) is 0.568. The SMILES string of the molecule is c1ccc2c(c1)cnn2-c1ccc(Oc2ncnc3c2CCC3)cc1. The molecule has 4 aromatic rings. The first-order valence-corrected chi connectivity index (χ1v) is 8.42. The Morgan fingerprint density at radius 1 is 0.920 bits per heavy atom. The Bertz CT molecular complexity index is 1050. The van der Waals surface area contributed by atoms with Crippen LogP contribution in [0.2, 0.25) is 0 Å². The molecule has 0 fully saturated rings. The molecule has 2 aromatic carbocycles. The van der Waals surface area contributed by atoms with Gasteiger partial charge in [0.15, 0.2) is 0 Å². The van der Waals surface area contributed by atoms with Gasteiger partial charge in [-0.3, -0.25) is 0 Å². The third kappa shape index (κ3) is 2.45. The molecule has 1 aliphatic rings. The average molecular weight is 328 g/mol. The third-order valence-corrected chi connectivity index (χ3v) is 4.61. The van der Waals surface area contributed by atoms with E-state index in [0.29, 0.717) is 5.88 Å². The zero-order valence-electron chi connectivity index (χ0n) is 13.6. The van der Waals surface area contributed by atoms with Crippen molar-refractivity contribution in [3.05, 3.63) is 72.3 Å². The number of nitrogens with zero attached hydrogens (tertiary/aromatic N) is 4. The number of hydrogen-bond acceptors (Lipinski definition) is 4. The molecule has 122 valence electrons. The molecule has 5 rings (SSSR count). The third-order valence-electron chi connectivity index (χ3n) is 4.61. The van der Waals surface area contributed by atoms with Gasteiger partial charge in [0.1, 0.15) is 12.1 Å². The van der Waals surface area contributed by atoms with Crippen LogP contribution in [-0.4, -0.2) is 19.7 Å². The van der Waals surface area contributed by atoms with Gasteiger partial charge in [0.05, 0.1) is 23.1 Å². The minimum Gasteiger partial charge on any atom is -0.439 e. The predicted molar refractivity (Wildman–Crippen MR) is 95.2 cm³/mol. The number of ether oxygens (including phenoxy) is 1. The van der Waals surface area contributed by atoms with Gasteiger partial charge < -0.3 is 4.74 Å². The molecule has 5 nitrogen and oxygen atoms in total. The van der Waals surface area contributed by atoms with E-state index in [0.717, 1.165) is 52.9 Å². The number of aryl methyl sites for hydroxylation is 1. The van der Waals surface area contributed by atoms with Gasteiger partial charge in [-0.1, -0.05) is 18.2 Å². The average Bonchev–Trinajstić information content (AvgIpc) is 3.30. The molecular formula is C20H16N4O. The number of hydrogen-bond donors (Lipinski definition) is 0. The van der Waals surface area contributed by atoms with Crippen molar-refractivity contribution in [2.45, 2.75) is 19.3 Å². The van der Waals surface area contributed by atoms with Gasteiger partial charge in [0, 0.05) is 10.9 Å². The Balaban J connectivity index is 1.45. The van der Waals surface area contributed by atoms with Crippen LogP contribution in [0, 0.1) is 0 Å². The lowest BCUT2D eigenvalue weighted by Crippen LogP contribution is -1.98. The molecular weight excluding hydrogens is 312 g/mol. The van der Waals surface area contributed by atoms with E-state index in [1.54, 1.807) is 6.33 Å². The summed E-state index contributed by atoms with van der Waals surface area (Å²) in [7, 11) is 0. The summed E-state index contributed by atoms with van der Waals surface area (Å²) in [4.78, 5) is 8.64. The van der Waals surface area contributed by atoms with E-state index < -0.39 is 0 Å². The largest absolute Gasteiger partial charge is 0.439 e. The molecule has 0 radical (unpaired) electrons. The van der Waals surface area contributed by atoms with Crippen molar-refractivity contribution in [1.29, 1.82) is 0 Å². The highest BCUT2D eigenvalue weighted by molar-refractivity contribution is 5.80. The van der Waals surface area contributed by atoms with Gasteiger partial charge in [-0.15, -0.1) is 0 Å². The Labute approximate surface area is 144 Å². The Hall–Kier alpha value is -3.21. The monoisotopic (exact) mass is 328 g/mol. The molecule has 1 aliphatic carbocycles. The van der Waals surface area contributed by atoms with Crippen molar-refractivity contribution < 1.29 is 4.74 Å². The van der Waals surface area contributed by atoms with Crippen molar-refractivity contribution in [2.75, 3.05) is 0 Å². The lowest BCUT2D eigenvalue weighted by Gasteiger charge is -2.09. The number of aromatic nitrogens is 4. The summed E-state index contributed by atoms with van der Waals surface area (Å²) in [6.07, 6.45) is 6.59. The summed E-state index contributed by atoms with van der Waals surface area (Å²) >= 11 is 0. The Morgan fingerprint density at radius 2 is 1.80 bits per heavy atom. The molecule has 0 saturated carbocycles. The van der Waals surface area contributed by atoms with E-state index in [9.17, 15) is 0 Å². The van der Waals surface area contributed by atoms with Crippen LogP contribution in [0.4, 0.5) is 0 Å². The van der Waals surface area contributed by atoms with Crippen molar-refractivity contribution in [1.82, 2.24) is 19.7 Å². The molecule has 0 spiro atoms. The van der Waals surface area contributed by atoms with Crippen LogP contribution in [0.15, 0.2) is 61.1 Å². The lowest BCUT2D eigenvalue weighted by molar-refractivity contribution is 0.455. The zero-order valence-corrected chi connectivity index (χ0v) is 13.6. The molecule has 5 heteroatoms. The molecule has 25 heavy (non-hydrogen) atoms. The molecule has 0 unspecified atom stereocenters. The van der Waals surface area contributed by atoms with Gasteiger partial charge in [0.2, 0.25) is 5.88 Å². The Kier molecular flexibility index (Phi) is 3.23. The van der Waals surface area contributed by atoms with Gasteiger partial charge in [-0.25, -0.2) is 14.6 Å². The topological polar surface area (TPSA) is 52.8 Å². The summed E-state index contributed by atoms with van der Waals surface area (Å²) in [6, 6.07) is 16.1. The van der Waals surface area contributed by atoms with E-state index in [2.05, 4.69) is 27.2 Å². The minimum absolute atomic E-state index is 0.680. The van der Waals surface area contributed by atoms with Gasteiger partial charge in [-0.2, -0.15) is 5.10 Å². The van der Waals surface area contributed by atoms with Crippen LogP contribution in [-0.2, 0) is 12.8 Å². The summed E-state index contributed by atoms with van der Waals surface area (Å²) < 4.78 is 7.93. The number of rotatable bonds is 3. The number of benzene rings is 2. The zero-order chi connectivity index (χ0) is 16.6. The molecule has 0 saturated heterocycles. The lowest BCUT2D eigenvalue weighted by atomic mass is 10.2. The van der Waals surface area contributed by atoms with E-state index in [1.165, 1.54) is 0 Å². The fraction of sp³-hybridized carbons (Fsp3) is 0.150. The van der Waals surface area contributed by atoms with Gasteiger partial charge in [0.25, 0.3) is 0 Å².